The lowest BCUT2D eigenvalue weighted by molar-refractivity contribution is -0.119. The summed E-state index contributed by atoms with van der Waals surface area (Å²) in [4.78, 5) is 14.4. The van der Waals surface area contributed by atoms with Gasteiger partial charge in [0.2, 0.25) is 5.91 Å². The van der Waals surface area contributed by atoms with E-state index >= 15 is 0 Å². The zero-order valence-corrected chi connectivity index (χ0v) is 13.1. The van der Waals surface area contributed by atoms with Gasteiger partial charge in [-0.3, -0.25) is 9.69 Å². The molecule has 0 radical (unpaired) electrons. The van der Waals surface area contributed by atoms with Crippen LogP contribution < -0.4 is 5.32 Å². The Hall–Kier alpha value is -0.810. The van der Waals surface area contributed by atoms with Crippen LogP contribution in [0, 0.1) is 0 Å². The fourth-order valence-corrected chi connectivity index (χ4v) is 4.02. The molecule has 1 aromatic carbocycles. The Kier molecular flexibility index (Phi) is 4.41. The van der Waals surface area contributed by atoms with Crippen LogP contribution in [0.15, 0.2) is 18.2 Å². The van der Waals surface area contributed by atoms with Crippen LogP contribution in [0.5, 0.6) is 0 Å². The maximum Gasteiger partial charge on any atom is 0.238 e. The molecule has 2 unspecified atom stereocenters. The second kappa shape index (κ2) is 6.13. The normalized spacial score (nSPS) is 28.6. The number of hydrogen-bond acceptors (Lipinski definition) is 3. The molecule has 0 saturated carbocycles. The van der Waals surface area contributed by atoms with Crippen LogP contribution in [0.4, 0.5) is 5.69 Å². The molecule has 2 saturated heterocycles. The fraction of sp³-hybridized carbons (Fsp3) is 0.533. The number of benzene rings is 1. The molecule has 6 heteroatoms. The Bertz CT molecular complexity index is 518. The third-order valence-electron chi connectivity index (χ3n) is 4.33. The van der Waals surface area contributed by atoms with Gasteiger partial charge in [0.05, 0.1) is 12.6 Å². The van der Waals surface area contributed by atoms with Crippen molar-refractivity contribution in [2.45, 2.75) is 43.9 Å². The molecule has 1 aromatic rings. The zero-order chi connectivity index (χ0) is 15.0. The van der Waals surface area contributed by atoms with E-state index in [1.807, 2.05) is 0 Å². The van der Waals surface area contributed by atoms with Gasteiger partial charge in [0, 0.05) is 27.8 Å². The number of amides is 1. The number of halogens is 2. The molecule has 21 heavy (non-hydrogen) atoms. The number of rotatable bonds is 3. The van der Waals surface area contributed by atoms with Crippen molar-refractivity contribution in [3.8, 4) is 0 Å². The molecular weight excluding hydrogens is 311 g/mol. The first-order valence-corrected chi connectivity index (χ1v) is 7.96. The second-order valence-corrected chi connectivity index (χ2v) is 6.76. The highest BCUT2D eigenvalue weighted by Gasteiger charge is 2.40. The standard InChI is InChI=1S/C15H18Cl2N2O2/c16-9-3-10(17)5-11(4-9)18-15(21)8-19-12-1-2-13(19)7-14(20)6-12/h3-5,12-14,20H,1-2,6-8H2,(H,18,21). The van der Waals surface area contributed by atoms with E-state index in [9.17, 15) is 9.90 Å². The Labute approximate surface area is 134 Å². The summed E-state index contributed by atoms with van der Waals surface area (Å²) in [5, 5.41) is 13.6. The van der Waals surface area contributed by atoms with Crippen molar-refractivity contribution < 1.29 is 9.90 Å². The number of piperidine rings is 1. The van der Waals surface area contributed by atoms with E-state index in [2.05, 4.69) is 10.2 Å². The summed E-state index contributed by atoms with van der Waals surface area (Å²) in [5.74, 6) is -0.0679. The van der Waals surface area contributed by atoms with E-state index in [-0.39, 0.29) is 12.0 Å². The van der Waals surface area contributed by atoms with Crippen LogP contribution in [-0.4, -0.2) is 40.6 Å². The van der Waals surface area contributed by atoms with Gasteiger partial charge < -0.3 is 10.4 Å². The SMILES string of the molecule is O=C(CN1C2CCC1CC(O)C2)Nc1cc(Cl)cc(Cl)c1. The van der Waals surface area contributed by atoms with E-state index in [4.69, 9.17) is 23.2 Å². The molecule has 4 nitrogen and oxygen atoms in total. The Morgan fingerprint density at radius 2 is 1.76 bits per heavy atom. The van der Waals surface area contributed by atoms with Gasteiger partial charge in [-0.25, -0.2) is 0 Å². The largest absolute Gasteiger partial charge is 0.393 e. The topological polar surface area (TPSA) is 52.6 Å². The Morgan fingerprint density at radius 3 is 2.33 bits per heavy atom. The maximum absolute atomic E-state index is 12.2. The quantitative estimate of drug-likeness (QED) is 0.896. The molecule has 2 atom stereocenters. The third-order valence-corrected chi connectivity index (χ3v) is 4.77. The number of anilines is 1. The smallest absolute Gasteiger partial charge is 0.238 e. The first-order chi connectivity index (χ1) is 10.0. The van der Waals surface area contributed by atoms with E-state index in [1.54, 1.807) is 18.2 Å². The summed E-state index contributed by atoms with van der Waals surface area (Å²) < 4.78 is 0. The number of nitrogens with one attached hydrogen (secondary N) is 1. The van der Waals surface area contributed by atoms with Crippen molar-refractivity contribution in [2.75, 3.05) is 11.9 Å². The summed E-state index contributed by atoms with van der Waals surface area (Å²) >= 11 is 11.8. The first-order valence-electron chi connectivity index (χ1n) is 7.21. The minimum atomic E-state index is -0.214. The molecule has 2 aliphatic heterocycles. The van der Waals surface area contributed by atoms with Gasteiger partial charge in [0.1, 0.15) is 0 Å². The highest BCUT2D eigenvalue weighted by molar-refractivity contribution is 6.35. The summed E-state index contributed by atoms with van der Waals surface area (Å²) in [6.07, 6.45) is 3.46. The number of fused-ring (bicyclic) bond motifs is 2. The molecular formula is C15H18Cl2N2O2. The molecule has 0 aromatic heterocycles. The minimum Gasteiger partial charge on any atom is -0.393 e. The number of carbonyl (C=O) groups excluding carboxylic acids is 1. The average Bonchev–Trinajstić information content (AvgIpc) is 2.61. The van der Waals surface area contributed by atoms with Crippen molar-refractivity contribution >= 4 is 34.8 Å². The lowest BCUT2D eigenvalue weighted by atomic mass is 10.00. The predicted molar refractivity (Wildman–Crippen MR) is 83.8 cm³/mol. The van der Waals surface area contributed by atoms with Gasteiger partial charge in [0.25, 0.3) is 0 Å². The van der Waals surface area contributed by atoms with Crippen LogP contribution in [-0.2, 0) is 4.79 Å². The van der Waals surface area contributed by atoms with Crippen molar-refractivity contribution in [2.24, 2.45) is 0 Å². The van der Waals surface area contributed by atoms with Gasteiger partial charge in [0.15, 0.2) is 0 Å². The molecule has 0 aliphatic carbocycles. The molecule has 2 heterocycles. The number of nitrogens with zero attached hydrogens (tertiary/aromatic N) is 1. The first kappa shape index (κ1) is 15.1. The predicted octanol–water partition coefficient (Wildman–Crippen LogP) is 2.92. The number of aliphatic hydroxyl groups excluding tert-OH is 1. The summed E-state index contributed by atoms with van der Waals surface area (Å²) in [6, 6.07) is 5.64. The summed E-state index contributed by atoms with van der Waals surface area (Å²) in [7, 11) is 0. The number of carbonyl (C=O) groups is 1. The second-order valence-electron chi connectivity index (χ2n) is 5.89. The molecule has 2 fully saturated rings. The summed E-state index contributed by atoms with van der Waals surface area (Å²) in [5.41, 5.74) is 0.613. The van der Waals surface area contributed by atoms with Crippen LogP contribution in [0.25, 0.3) is 0 Å². The molecule has 3 rings (SSSR count). The Morgan fingerprint density at radius 1 is 1.19 bits per heavy atom. The number of aliphatic hydroxyl groups is 1. The highest BCUT2D eigenvalue weighted by Crippen LogP contribution is 2.35. The van der Waals surface area contributed by atoms with Crippen LogP contribution in [0.1, 0.15) is 25.7 Å². The maximum atomic E-state index is 12.2. The molecule has 114 valence electrons. The van der Waals surface area contributed by atoms with E-state index in [0.717, 1.165) is 25.7 Å². The van der Waals surface area contributed by atoms with E-state index < -0.39 is 0 Å². The zero-order valence-electron chi connectivity index (χ0n) is 11.6. The van der Waals surface area contributed by atoms with Gasteiger partial charge in [-0.1, -0.05) is 23.2 Å². The van der Waals surface area contributed by atoms with Crippen LogP contribution in [0.3, 0.4) is 0 Å². The summed E-state index contributed by atoms with van der Waals surface area (Å²) in [6.45, 7) is 0.353. The van der Waals surface area contributed by atoms with E-state index in [1.165, 1.54) is 0 Å². The van der Waals surface area contributed by atoms with E-state index in [0.29, 0.717) is 34.4 Å². The average molecular weight is 329 g/mol. The fourth-order valence-electron chi connectivity index (χ4n) is 3.50. The molecule has 2 N–H and O–H groups in total. The number of hydrogen-bond donors (Lipinski definition) is 2. The lowest BCUT2D eigenvalue weighted by Crippen LogP contribution is -2.47. The van der Waals surface area contributed by atoms with Gasteiger partial charge >= 0.3 is 0 Å². The molecule has 2 aliphatic rings. The van der Waals surface area contributed by atoms with Crippen LogP contribution in [0.2, 0.25) is 10.0 Å². The van der Waals surface area contributed by atoms with Crippen molar-refractivity contribution in [3.05, 3.63) is 28.2 Å². The lowest BCUT2D eigenvalue weighted by Gasteiger charge is -2.36. The Balaban J connectivity index is 1.62. The third kappa shape index (κ3) is 3.51. The highest BCUT2D eigenvalue weighted by atomic mass is 35.5. The van der Waals surface area contributed by atoms with Crippen molar-refractivity contribution in [1.82, 2.24) is 4.90 Å². The molecule has 1 amide bonds. The van der Waals surface area contributed by atoms with Gasteiger partial charge in [-0.15, -0.1) is 0 Å². The van der Waals surface area contributed by atoms with Crippen molar-refractivity contribution in [1.29, 1.82) is 0 Å². The van der Waals surface area contributed by atoms with Crippen molar-refractivity contribution in [3.63, 3.8) is 0 Å². The molecule has 2 bridgehead atoms. The van der Waals surface area contributed by atoms with Gasteiger partial charge in [-0.05, 0) is 43.9 Å². The van der Waals surface area contributed by atoms with Crippen LogP contribution >= 0.6 is 23.2 Å². The monoisotopic (exact) mass is 328 g/mol. The van der Waals surface area contributed by atoms with Gasteiger partial charge in [-0.2, -0.15) is 0 Å². The molecule has 0 spiro atoms. The minimum absolute atomic E-state index is 0.0679.